The smallest absolute Gasteiger partial charge is 0.225 e. The lowest BCUT2D eigenvalue weighted by atomic mass is 9.84. The van der Waals surface area contributed by atoms with Gasteiger partial charge >= 0.3 is 0 Å². The first-order valence-electron chi connectivity index (χ1n) is 16.6. The van der Waals surface area contributed by atoms with Crippen molar-refractivity contribution in [3.05, 3.63) is 120 Å². The minimum Gasteiger partial charge on any atom is -0.349 e. The van der Waals surface area contributed by atoms with Gasteiger partial charge in [-0.15, -0.1) is 18.3 Å². The number of hydrogen-bond donors (Lipinski definition) is 1. The number of amides is 2. The molecule has 1 N–H and O–H groups in total. The van der Waals surface area contributed by atoms with E-state index in [1.165, 1.54) is 16.7 Å². The number of nitrogens with zero attached hydrogens (tertiary/aromatic N) is 1. The van der Waals surface area contributed by atoms with E-state index >= 15 is 0 Å². The van der Waals surface area contributed by atoms with Crippen LogP contribution in [0.25, 0.3) is 0 Å². The molecule has 2 amide bonds. The first-order chi connectivity index (χ1) is 21.6. The zero-order valence-electron chi connectivity index (χ0n) is 28.2. The van der Waals surface area contributed by atoms with E-state index in [2.05, 4.69) is 131 Å². The number of nitrogens with one attached hydrogen (secondary N) is 1. The number of benzene rings is 3. The molecule has 3 aromatic rings. The molecule has 0 saturated heterocycles. The molecule has 5 atom stereocenters. The van der Waals surface area contributed by atoms with Crippen LogP contribution in [0, 0.1) is 23.7 Å². The summed E-state index contributed by atoms with van der Waals surface area (Å²) in [6.45, 7) is 15.6. The molecule has 0 spiro atoms. The molecule has 4 nitrogen and oxygen atoms in total. The van der Waals surface area contributed by atoms with Crippen molar-refractivity contribution in [2.45, 2.75) is 71.1 Å². The molecule has 242 valence electrons. The standard InChI is InChI=1S/C40H54N2O2S/c1-8-31(4)39(44)42(7)26-25-30(3)27-32(5)33(6)28-38(43)41-37(9-2)29-45-40(34-19-13-10-14-20-34,35-21-15-11-16-22-35)36-23-17-12-18-24-36/h9-24,30-33,37H,2,8,25-29H2,1,3-7H3,(H,41,43)/t30-,31-,32+,33-,37+/m1/s1. The van der Waals surface area contributed by atoms with Gasteiger partial charge in [0.1, 0.15) is 0 Å². The fourth-order valence-corrected chi connectivity index (χ4v) is 7.53. The Hall–Kier alpha value is -3.31. The number of rotatable bonds is 18. The van der Waals surface area contributed by atoms with E-state index in [1.807, 2.05) is 36.7 Å². The van der Waals surface area contributed by atoms with E-state index in [-0.39, 0.29) is 29.7 Å². The molecule has 45 heavy (non-hydrogen) atoms. The van der Waals surface area contributed by atoms with E-state index in [0.717, 1.165) is 25.8 Å². The Kier molecular flexibility index (Phi) is 14.5. The molecule has 0 aliphatic carbocycles. The second-order valence-electron chi connectivity index (χ2n) is 12.9. The fourth-order valence-electron chi connectivity index (χ4n) is 5.97. The van der Waals surface area contributed by atoms with Gasteiger partial charge in [0.2, 0.25) is 11.8 Å². The third kappa shape index (κ3) is 10.1. The molecule has 5 heteroatoms. The minimum absolute atomic E-state index is 0.0659. The molecule has 0 aliphatic rings. The summed E-state index contributed by atoms with van der Waals surface area (Å²) in [5, 5.41) is 3.28. The van der Waals surface area contributed by atoms with Crippen LogP contribution < -0.4 is 5.32 Å². The summed E-state index contributed by atoms with van der Waals surface area (Å²) in [6, 6.07) is 31.7. The van der Waals surface area contributed by atoms with E-state index < -0.39 is 4.75 Å². The maximum Gasteiger partial charge on any atom is 0.225 e. The quantitative estimate of drug-likeness (QED) is 0.113. The van der Waals surface area contributed by atoms with Crippen molar-refractivity contribution in [1.29, 1.82) is 0 Å². The predicted molar refractivity (Wildman–Crippen MR) is 192 cm³/mol. The highest BCUT2D eigenvalue weighted by Crippen LogP contribution is 2.48. The summed E-state index contributed by atoms with van der Waals surface area (Å²) in [7, 11) is 1.91. The van der Waals surface area contributed by atoms with Crippen LogP contribution in [0.3, 0.4) is 0 Å². The molecule has 3 aromatic carbocycles. The highest BCUT2D eigenvalue weighted by atomic mass is 32.2. The third-order valence-corrected chi connectivity index (χ3v) is 10.9. The molecule has 3 rings (SSSR count). The second kappa shape index (κ2) is 18.0. The predicted octanol–water partition coefficient (Wildman–Crippen LogP) is 8.97. The number of carbonyl (C=O) groups is 2. The molecule has 0 aliphatic heterocycles. The fraction of sp³-hybridized carbons (Fsp3) is 0.450. The molecule has 0 saturated carbocycles. The average Bonchev–Trinajstić information content (AvgIpc) is 3.07. The summed E-state index contributed by atoms with van der Waals surface area (Å²) in [5.74, 6) is 2.19. The van der Waals surface area contributed by atoms with Crippen LogP contribution in [0.15, 0.2) is 104 Å². The van der Waals surface area contributed by atoms with Gasteiger partial charge in [-0.3, -0.25) is 9.59 Å². The molecular formula is C40H54N2O2S. The van der Waals surface area contributed by atoms with E-state index in [1.54, 1.807) is 0 Å². The van der Waals surface area contributed by atoms with Crippen LogP contribution in [0.2, 0.25) is 0 Å². The summed E-state index contributed by atoms with van der Waals surface area (Å²) in [6.07, 6.45) is 5.23. The minimum atomic E-state index is -0.443. The van der Waals surface area contributed by atoms with Crippen molar-refractivity contribution in [3.63, 3.8) is 0 Å². The van der Waals surface area contributed by atoms with E-state index in [9.17, 15) is 9.59 Å². The third-order valence-electron chi connectivity index (χ3n) is 9.27. The molecule has 0 aromatic heterocycles. The summed E-state index contributed by atoms with van der Waals surface area (Å²) in [4.78, 5) is 27.6. The van der Waals surface area contributed by atoms with Crippen LogP contribution in [0.4, 0.5) is 0 Å². The zero-order valence-corrected chi connectivity index (χ0v) is 29.1. The lowest BCUT2D eigenvalue weighted by Crippen LogP contribution is -2.38. The monoisotopic (exact) mass is 626 g/mol. The maximum atomic E-state index is 13.3. The highest BCUT2D eigenvalue weighted by Gasteiger charge is 2.37. The lowest BCUT2D eigenvalue weighted by Gasteiger charge is -2.36. The zero-order chi connectivity index (χ0) is 32.8. The van der Waals surface area contributed by atoms with Crippen LogP contribution in [0.1, 0.15) is 77.0 Å². The van der Waals surface area contributed by atoms with Gasteiger partial charge in [-0.25, -0.2) is 0 Å². The van der Waals surface area contributed by atoms with Crippen LogP contribution in [-0.2, 0) is 14.3 Å². The summed E-state index contributed by atoms with van der Waals surface area (Å²) < 4.78 is -0.443. The Morgan fingerprint density at radius 3 is 1.78 bits per heavy atom. The van der Waals surface area contributed by atoms with Gasteiger partial charge in [0.05, 0.1) is 10.8 Å². The normalized spacial score (nSPS) is 14.9. The van der Waals surface area contributed by atoms with Crippen LogP contribution >= 0.6 is 11.8 Å². The topological polar surface area (TPSA) is 49.4 Å². The molecule has 0 radical (unpaired) electrons. The van der Waals surface area contributed by atoms with Gasteiger partial charge in [-0.2, -0.15) is 0 Å². The lowest BCUT2D eigenvalue weighted by molar-refractivity contribution is -0.134. The van der Waals surface area contributed by atoms with Gasteiger partial charge in [0, 0.05) is 31.7 Å². The average molecular weight is 627 g/mol. The van der Waals surface area contributed by atoms with E-state index in [0.29, 0.717) is 24.0 Å². The van der Waals surface area contributed by atoms with Crippen LogP contribution in [0.5, 0.6) is 0 Å². The number of carbonyl (C=O) groups excluding carboxylic acids is 2. The molecule has 0 unspecified atom stereocenters. The Labute approximate surface area is 277 Å². The Balaban J connectivity index is 1.64. The SMILES string of the molecule is C=C[C@@H](CSC(c1ccccc1)(c1ccccc1)c1ccccc1)NC(=O)C[C@@H](C)[C@@H](C)C[C@H](C)CCN(C)C(=O)[C@H](C)CC. The first kappa shape index (κ1) is 36.2. The summed E-state index contributed by atoms with van der Waals surface area (Å²) in [5.41, 5.74) is 3.61. The molecule has 0 fully saturated rings. The van der Waals surface area contributed by atoms with E-state index in [4.69, 9.17) is 0 Å². The van der Waals surface area contributed by atoms with Gasteiger partial charge in [0.25, 0.3) is 0 Å². The number of hydrogen-bond acceptors (Lipinski definition) is 3. The van der Waals surface area contributed by atoms with Crippen molar-refractivity contribution >= 4 is 23.6 Å². The van der Waals surface area contributed by atoms with Crippen molar-refractivity contribution in [2.75, 3.05) is 19.3 Å². The summed E-state index contributed by atoms with van der Waals surface area (Å²) >= 11 is 1.84. The second-order valence-corrected chi connectivity index (χ2v) is 14.1. The molecular weight excluding hydrogens is 573 g/mol. The van der Waals surface area contributed by atoms with Crippen molar-refractivity contribution < 1.29 is 9.59 Å². The first-order valence-corrected chi connectivity index (χ1v) is 17.6. The van der Waals surface area contributed by atoms with Gasteiger partial charge in [-0.05, 0) is 53.7 Å². The maximum absolute atomic E-state index is 13.3. The largest absolute Gasteiger partial charge is 0.349 e. The Morgan fingerprint density at radius 1 is 0.844 bits per heavy atom. The molecule has 0 heterocycles. The van der Waals surface area contributed by atoms with Crippen molar-refractivity contribution in [3.8, 4) is 0 Å². The highest BCUT2D eigenvalue weighted by molar-refractivity contribution is 8.00. The van der Waals surface area contributed by atoms with Crippen molar-refractivity contribution in [1.82, 2.24) is 10.2 Å². The van der Waals surface area contributed by atoms with Crippen LogP contribution in [-0.4, -0.2) is 42.1 Å². The van der Waals surface area contributed by atoms with Gasteiger partial charge < -0.3 is 10.2 Å². The van der Waals surface area contributed by atoms with Crippen molar-refractivity contribution in [2.24, 2.45) is 23.7 Å². The van der Waals surface area contributed by atoms with Gasteiger partial charge in [0.15, 0.2) is 0 Å². The van der Waals surface area contributed by atoms with Gasteiger partial charge in [-0.1, -0.05) is 132 Å². The molecule has 0 bridgehead atoms. The Morgan fingerprint density at radius 2 is 1.33 bits per heavy atom. The number of thioether (sulfide) groups is 1. The Bertz CT molecular complexity index is 1220.